The molecule has 1 unspecified atom stereocenters. The molecule has 2 fully saturated rings. The molecule has 2 saturated heterocycles. The van der Waals surface area contributed by atoms with Crippen molar-refractivity contribution in [2.75, 3.05) is 26.3 Å². The number of rotatable bonds is 3. The average molecular weight is 225 g/mol. The molecule has 1 N–H and O–H groups in total. The van der Waals surface area contributed by atoms with Crippen molar-refractivity contribution in [1.82, 2.24) is 5.32 Å². The molecule has 2 aliphatic rings. The zero-order valence-electron chi connectivity index (χ0n) is 10.4. The number of piperidine rings is 1. The maximum Gasteiger partial charge on any atom is 0.0840 e. The molecular weight excluding hydrogens is 202 g/mol. The smallest absolute Gasteiger partial charge is 0.0840 e. The van der Waals surface area contributed by atoms with Crippen LogP contribution in [0.1, 0.15) is 33.1 Å². The third-order valence-electron chi connectivity index (χ3n) is 3.51. The van der Waals surface area contributed by atoms with Crippen molar-refractivity contribution in [3.63, 3.8) is 0 Å². The van der Waals surface area contributed by atoms with Gasteiger partial charge in [0.25, 0.3) is 0 Å². The zero-order valence-corrected chi connectivity index (χ0v) is 10.4. The number of hydrogen-bond donors (Lipinski definition) is 1. The van der Waals surface area contributed by atoms with Gasteiger partial charge in [-0.15, -0.1) is 0 Å². The van der Waals surface area contributed by atoms with Crippen LogP contribution in [0, 0.1) is 0 Å². The molecule has 3 heteroatoms. The Hall–Kier alpha value is -0.380. The van der Waals surface area contributed by atoms with Crippen molar-refractivity contribution < 1.29 is 9.47 Å². The van der Waals surface area contributed by atoms with E-state index in [2.05, 4.69) is 25.2 Å². The zero-order chi connectivity index (χ0) is 11.4. The third-order valence-corrected chi connectivity index (χ3v) is 3.51. The van der Waals surface area contributed by atoms with Crippen LogP contribution in [-0.2, 0) is 9.47 Å². The second-order valence-electron chi connectivity index (χ2n) is 5.18. The fourth-order valence-corrected chi connectivity index (χ4v) is 2.49. The van der Waals surface area contributed by atoms with Crippen LogP contribution < -0.4 is 5.32 Å². The Kier molecular flexibility index (Phi) is 4.00. The fraction of sp³-hybridized carbons (Fsp3) is 0.846. The first-order valence-electron chi connectivity index (χ1n) is 6.30. The second kappa shape index (κ2) is 5.30. The first-order valence-corrected chi connectivity index (χ1v) is 6.30. The molecule has 92 valence electrons. The maximum atomic E-state index is 5.97. The van der Waals surface area contributed by atoms with Gasteiger partial charge in [0.15, 0.2) is 0 Å². The van der Waals surface area contributed by atoms with E-state index in [0.29, 0.717) is 6.10 Å². The summed E-state index contributed by atoms with van der Waals surface area (Å²) < 4.78 is 11.8. The van der Waals surface area contributed by atoms with Crippen molar-refractivity contribution >= 4 is 0 Å². The van der Waals surface area contributed by atoms with Gasteiger partial charge in [-0.25, -0.2) is 0 Å². The van der Waals surface area contributed by atoms with Gasteiger partial charge in [-0.05, 0) is 39.8 Å². The fourth-order valence-electron chi connectivity index (χ4n) is 2.49. The highest BCUT2D eigenvalue weighted by atomic mass is 16.6. The molecule has 1 atom stereocenters. The summed E-state index contributed by atoms with van der Waals surface area (Å²) in [5.74, 6) is 0. The summed E-state index contributed by atoms with van der Waals surface area (Å²) in [6.07, 6.45) is 5.78. The van der Waals surface area contributed by atoms with Crippen molar-refractivity contribution in [2.24, 2.45) is 0 Å². The van der Waals surface area contributed by atoms with Gasteiger partial charge in [0.1, 0.15) is 0 Å². The Morgan fingerprint density at radius 3 is 2.88 bits per heavy atom. The van der Waals surface area contributed by atoms with Gasteiger partial charge < -0.3 is 14.8 Å². The average Bonchev–Trinajstić information content (AvgIpc) is 2.62. The van der Waals surface area contributed by atoms with E-state index in [1.165, 1.54) is 5.57 Å². The molecule has 2 aliphatic heterocycles. The minimum absolute atomic E-state index is 0.126. The molecule has 0 bridgehead atoms. The molecule has 1 spiro atoms. The Morgan fingerprint density at radius 2 is 2.19 bits per heavy atom. The lowest BCUT2D eigenvalue weighted by molar-refractivity contribution is -0.0225. The quantitative estimate of drug-likeness (QED) is 0.744. The first-order chi connectivity index (χ1) is 7.70. The molecule has 3 nitrogen and oxygen atoms in total. The van der Waals surface area contributed by atoms with Gasteiger partial charge in [0.2, 0.25) is 0 Å². The van der Waals surface area contributed by atoms with Gasteiger partial charge in [0, 0.05) is 6.42 Å². The van der Waals surface area contributed by atoms with E-state index in [4.69, 9.17) is 9.47 Å². The highest BCUT2D eigenvalue weighted by Crippen LogP contribution is 2.35. The largest absolute Gasteiger partial charge is 0.372 e. The van der Waals surface area contributed by atoms with Crippen LogP contribution in [0.5, 0.6) is 0 Å². The standard InChI is InChI=1S/C13H23NO2/c1-11(2)3-8-15-12-9-13(16-10-12)4-6-14-7-5-13/h3,12,14H,4-10H2,1-2H3. The summed E-state index contributed by atoms with van der Waals surface area (Å²) >= 11 is 0. The molecule has 0 saturated carbocycles. The van der Waals surface area contributed by atoms with E-state index in [1.807, 2.05) is 0 Å². The number of hydrogen-bond acceptors (Lipinski definition) is 3. The maximum absolute atomic E-state index is 5.97. The molecular formula is C13H23NO2. The lowest BCUT2D eigenvalue weighted by Gasteiger charge is -2.32. The van der Waals surface area contributed by atoms with E-state index in [-0.39, 0.29) is 5.60 Å². The summed E-state index contributed by atoms with van der Waals surface area (Å²) in [5.41, 5.74) is 1.44. The summed E-state index contributed by atoms with van der Waals surface area (Å²) in [5, 5.41) is 3.38. The van der Waals surface area contributed by atoms with Crippen LogP contribution in [0.25, 0.3) is 0 Å². The highest BCUT2D eigenvalue weighted by molar-refractivity contribution is 4.95. The van der Waals surface area contributed by atoms with Crippen molar-refractivity contribution in [2.45, 2.75) is 44.8 Å². The topological polar surface area (TPSA) is 30.5 Å². The molecule has 0 aromatic carbocycles. The molecule has 2 rings (SSSR count). The molecule has 0 amide bonds. The predicted octanol–water partition coefficient (Wildman–Crippen LogP) is 1.88. The normalized spacial score (nSPS) is 28.2. The Labute approximate surface area is 98.2 Å². The lowest BCUT2D eigenvalue weighted by atomic mass is 9.89. The summed E-state index contributed by atoms with van der Waals surface area (Å²) in [6, 6.07) is 0. The van der Waals surface area contributed by atoms with Gasteiger partial charge in [-0.2, -0.15) is 0 Å². The van der Waals surface area contributed by atoms with E-state index in [1.54, 1.807) is 0 Å². The van der Waals surface area contributed by atoms with Crippen LogP contribution in [0.2, 0.25) is 0 Å². The third kappa shape index (κ3) is 3.06. The first kappa shape index (κ1) is 12.1. The van der Waals surface area contributed by atoms with Crippen LogP contribution in [0.4, 0.5) is 0 Å². The minimum Gasteiger partial charge on any atom is -0.372 e. The van der Waals surface area contributed by atoms with Gasteiger partial charge in [-0.3, -0.25) is 0 Å². The summed E-state index contributed by atoms with van der Waals surface area (Å²) in [4.78, 5) is 0. The molecule has 0 aromatic rings. The van der Waals surface area contributed by atoms with Crippen molar-refractivity contribution in [3.05, 3.63) is 11.6 Å². The van der Waals surface area contributed by atoms with Crippen LogP contribution >= 0.6 is 0 Å². The lowest BCUT2D eigenvalue weighted by Crippen LogP contribution is -2.41. The number of allylic oxidation sites excluding steroid dienone is 1. The van der Waals surface area contributed by atoms with E-state index < -0.39 is 0 Å². The molecule has 0 aromatic heterocycles. The molecule has 2 heterocycles. The minimum atomic E-state index is 0.126. The molecule has 0 aliphatic carbocycles. The number of nitrogens with one attached hydrogen (secondary N) is 1. The Balaban J connectivity index is 1.76. The van der Waals surface area contributed by atoms with Crippen LogP contribution in [0.3, 0.4) is 0 Å². The molecule has 0 radical (unpaired) electrons. The van der Waals surface area contributed by atoms with Crippen molar-refractivity contribution in [3.8, 4) is 0 Å². The van der Waals surface area contributed by atoms with Gasteiger partial charge in [-0.1, -0.05) is 11.6 Å². The summed E-state index contributed by atoms with van der Waals surface area (Å²) in [7, 11) is 0. The highest BCUT2D eigenvalue weighted by Gasteiger charge is 2.41. The SMILES string of the molecule is CC(C)=CCOC1COC2(CCNCC2)C1. The van der Waals surface area contributed by atoms with Gasteiger partial charge in [0.05, 0.1) is 24.9 Å². The predicted molar refractivity (Wildman–Crippen MR) is 64.6 cm³/mol. The second-order valence-corrected chi connectivity index (χ2v) is 5.18. The van der Waals surface area contributed by atoms with E-state index in [0.717, 1.165) is 45.6 Å². The Bertz CT molecular complexity index is 253. The van der Waals surface area contributed by atoms with Crippen molar-refractivity contribution in [1.29, 1.82) is 0 Å². The Morgan fingerprint density at radius 1 is 1.44 bits per heavy atom. The summed E-state index contributed by atoms with van der Waals surface area (Å²) in [6.45, 7) is 7.87. The molecule has 16 heavy (non-hydrogen) atoms. The van der Waals surface area contributed by atoms with E-state index in [9.17, 15) is 0 Å². The monoisotopic (exact) mass is 225 g/mol. The van der Waals surface area contributed by atoms with E-state index >= 15 is 0 Å². The number of ether oxygens (including phenoxy) is 2. The van der Waals surface area contributed by atoms with Gasteiger partial charge >= 0.3 is 0 Å². The van der Waals surface area contributed by atoms with Crippen LogP contribution in [-0.4, -0.2) is 38.0 Å². The van der Waals surface area contributed by atoms with Crippen LogP contribution in [0.15, 0.2) is 11.6 Å².